The predicted molar refractivity (Wildman–Crippen MR) is 105 cm³/mol. The molecular formula is C16H26F3IN4. The molecule has 1 aromatic carbocycles. The normalized spacial score (nSPS) is 11.7. The molecule has 1 aromatic rings. The van der Waals surface area contributed by atoms with Crippen molar-refractivity contribution in [2.45, 2.75) is 25.4 Å². The van der Waals surface area contributed by atoms with E-state index in [1.807, 2.05) is 19.0 Å². The zero-order valence-electron chi connectivity index (χ0n) is 14.3. The van der Waals surface area contributed by atoms with E-state index in [9.17, 15) is 13.2 Å². The van der Waals surface area contributed by atoms with Gasteiger partial charge in [-0.05, 0) is 30.5 Å². The number of halogens is 4. The lowest BCUT2D eigenvalue weighted by Crippen LogP contribution is -2.39. The number of nitrogens with one attached hydrogen (secondary N) is 2. The maximum absolute atomic E-state index is 12.1. The van der Waals surface area contributed by atoms with E-state index in [0.29, 0.717) is 12.5 Å². The summed E-state index contributed by atoms with van der Waals surface area (Å²) in [5.74, 6) is 0.400. The SMILES string of the molecule is CN=C(NCCCc1ccc(N(C)C)cc1)NCCC(F)(F)F.I. The Morgan fingerprint density at radius 2 is 1.67 bits per heavy atom. The highest BCUT2D eigenvalue weighted by Gasteiger charge is 2.26. The van der Waals surface area contributed by atoms with Crippen LogP contribution in [0.2, 0.25) is 0 Å². The highest BCUT2D eigenvalue weighted by molar-refractivity contribution is 14.0. The standard InChI is InChI=1S/C16H25F3N4.HI/c1-20-15(22-12-10-16(17,18)19)21-11-4-5-13-6-8-14(9-7-13)23(2)3;/h6-9H,4-5,10-12H2,1-3H3,(H2,20,21,22);1H. The molecule has 4 nitrogen and oxygen atoms in total. The molecule has 138 valence electrons. The molecule has 0 saturated heterocycles. The van der Waals surface area contributed by atoms with E-state index in [1.165, 1.54) is 5.56 Å². The summed E-state index contributed by atoms with van der Waals surface area (Å²) in [7, 11) is 5.54. The van der Waals surface area contributed by atoms with Gasteiger partial charge in [-0.2, -0.15) is 13.2 Å². The summed E-state index contributed by atoms with van der Waals surface area (Å²) in [6, 6.07) is 8.32. The van der Waals surface area contributed by atoms with Crippen LogP contribution in [0.5, 0.6) is 0 Å². The lowest BCUT2D eigenvalue weighted by atomic mass is 10.1. The van der Waals surface area contributed by atoms with Crippen LogP contribution in [0.1, 0.15) is 18.4 Å². The molecule has 0 fully saturated rings. The Labute approximate surface area is 158 Å². The molecule has 0 heterocycles. The van der Waals surface area contributed by atoms with E-state index in [2.05, 4.69) is 39.9 Å². The number of aryl methyl sites for hydroxylation is 1. The number of nitrogens with zero attached hydrogens (tertiary/aromatic N) is 2. The monoisotopic (exact) mass is 458 g/mol. The van der Waals surface area contributed by atoms with Crippen molar-refractivity contribution in [1.82, 2.24) is 10.6 Å². The molecule has 1 rings (SSSR count). The summed E-state index contributed by atoms with van der Waals surface area (Å²) in [4.78, 5) is 5.95. The van der Waals surface area contributed by atoms with Crippen LogP contribution in [-0.2, 0) is 6.42 Å². The maximum Gasteiger partial charge on any atom is 0.390 e. The average Bonchev–Trinajstić information content (AvgIpc) is 2.49. The van der Waals surface area contributed by atoms with Crippen LogP contribution in [0.3, 0.4) is 0 Å². The third-order valence-electron chi connectivity index (χ3n) is 3.31. The van der Waals surface area contributed by atoms with Crippen LogP contribution in [0.4, 0.5) is 18.9 Å². The molecule has 24 heavy (non-hydrogen) atoms. The van der Waals surface area contributed by atoms with Gasteiger partial charge >= 0.3 is 6.18 Å². The van der Waals surface area contributed by atoms with Crippen molar-refractivity contribution in [2.24, 2.45) is 4.99 Å². The molecule has 0 atom stereocenters. The third-order valence-corrected chi connectivity index (χ3v) is 3.31. The summed E-state index contributed by atoms with van der Waals surface area (Å²) in [5.41, 5.74) is 2.39. The lowest BCUT2D eigenvalue weighted by Gasteiger charge is -2.14. The van der Waals surface area contributed by atoms with Crippen LogP contribution >= 0.6 is 24.0 Å². The van der Waals surface area contributed by atoms with Crippen molar-refractivity contribution in [3.8, 4) is 0 Å². The van der Waals surface area contributed by atoms with Gasteiger partial charge in [-0.1, -0.05) is 12.1 Å². The van der Waals surface area contributed by atoms with Gasteiger partial charge in [0.25, 0.3) is 0 Å². The average molecular weight is 458 g/mol. The largest absolute Gasteiger partial charge is 0.390 e. The third kappa shape index (κ3) is 9.84. The topological polar surface area (TPSA) is 39.7 Å². The molecule has 0 bridgehead atoms. The van der Waals surface area contributed by atoms with E-state index in [1.54, 1.807) is 7.05 Å². The number of rotatable bonds is 7. The Morgan fingerprint density at radius 1 is 1.08 bits per heavy atom. The summed E-state index contributed by atoms with van der Waals surface area (Å²) in [6.07, 6.45) is -3.24. The van der Waals surface area contributed by atoms with Gasteiger partial charge in [-0.15, -0.1) is 24.0 Å². The van der Waals surface area contributed by atoms with E-state index in [0.717, 1.165) is 18.5 Å². The highest BCUT2D eigenvalue weighted by atomic mass is 127. The quantitative estimate of drug-likeness (QED) is 0.285. The number of hydrogen-bond acceptors (Lipinski definition) is 2. The van der Waals surface area contributed by atoms with Crippen LogP contribution < -0.4 is 15.5 Å². The minimum Gasteiger partial charge on any atom is -0.378 e. The number of guanidine groups is 1. The number of alkyl halides is 3. The van der Waals surface area contributed by atoms with E-state index >= 15 is 0 Å². The first-order chi connectivity index (χ1) is 10.8. The van der Waals surface area contributed by atoms with Crippen LogP contribution in [0.15, 0.2) is 29.3 Å². The minimum absolute atomic E-state index is 0. The van der Waals surface area contributed by atoms with Gasteiger partial charge < -0.3 is 15.5 Å². The number of anilines is 1. The van der Waals surface area contributed by atoms with Gasteiger partial charge in [-0.3, -0.25) is 4.99 Å². The second kappa shape index (κ2) is 11.4. The molecule has 0 radical (unpaired) electrons. The first-order valence-electron chi connectivity index (χ1n) is 7.59. The first-order valence-corrected chi connectivity index (χ1v) is 7.59. The summed E-state index contributed by atoms with van der Waals surface area (Å²) in [6.45, 7) is 0.482. The molecule has 0 spiro atoms. The maximum atomic E-state index is 12.1. The Morgan fingerprint density at radius 3 is 2.17 bits per heavy atom. The zero-order chi connectivity index (χ0) is 17.3. The van der Waals surface area contributed by atoms with Crippen molar-refractivity contribution < 1.29 is 13.2 Å². The van der Waals surface area contributed by atoms with E-state index < -0.39 is 12.6 Å². The van der Waals surface area contributed by atoms with Crippen molar-refractivity contribution in [3.05, 3.63) is 29.8 Å². The van der Waals surface area contributed by atoms with Crippen molar-refractivity contribution in [1.29, 1.82) is 0 Å². The molecule has 0 aliphatic rings. The Hall–Kier alpha value is -1.19. The van der Waals surface area contributed by atoms with Crippen LogP contribution in [-0.4, -0.2) is 46.4 Å². The van der Waals surface area contributed by atoms with E-state index in [4.69, 9.17) is 0 Å². The van der Waals surface area contributed by atoms with Crippen molar-refractivity contribution in [3.63, 3.8) is 0 Å². The predicted octanol–water partition coefficient (Wildman–Crippen LogP) is 3.42. The van der Waals surface area contributed by atoms with Gasteiger partial charge in [0.15, 0.2) is 5.96 Å². The van der Waals surface area contributed by atoms with E-state index in [-0.39, 0.29) is 30.5 Å². The summed E-state index contributed by atoms with van der Waals surface area (Å²) in [5, 5.41) is 5.68. The van der Waals surface area contributed by atoms with Crippen molar-refractivity contribution in [2.75, 3.05) is 39.1 Å². The molecule has 0 aromatic heterocycles. The van der Waals surface area contributed by atoms with Crippen LogP contribution in [0, 0.1) is 0 Å². The second-order valence-electron chi connectivity index (χ2n) is 5.46. The fraction of sp³-hybridized carbons (Fsp3) is 0.562. The molecule has 2 N–H and O–H groups in total. The van der Waals surface area contributed by atoms with Gasteiger partial charge in [0, 0.05) is 39.9 Å². The van der Waals surface area contributed by atoms with Gasteiger partial charge in [0.2, 0.25) is 0 Å². The first kappa shape index (κ1) is 22.8. The van der Waals surface area contributed by atoms with Crippen LogP contribution in [0.25, 0.3) is 0 Å². The van der Waals surface area contributed by atoms with Gasteiger partial charge in [0.1, 0.15) is 0 Å². The summed E-state index contributed by atoms with van der Waals surface area (Å²) < 4.78 is 36.2. The molecule has 0 amide bonds. The molecule has 8 heteroatoms. The lowest BCUT2D eigenvalue weighted by molar-refractivity contribution is -0.132. The fourth-order valence-corrected chi connectivity index (χ4v) is 2.00. The molecule has 0 aliphatic carbocycles. The fourth-order valence-electron chi connectivity index (χ4n) is 2.00. The zero-order valence-corrected chi connectivity index (χ0v) is 16.6. The number of hydrogen-bond donors (Lipinski definition) is 2. The Bertz CT molecular complexity index is 487. The van der Waals surface area contributed by atoms with Crippen molar-refractivity contribution >= 4 is 35.6 Å². The highest BCUT2D eigenvalue weighted by Crippen LogP contribution is 2.18. The molecular weight excluding hydrogens is 432 g/mol. The Balaban J connectivity index is 0.00000529. The second-order valence-corrected chi connectivity index (χ2v) is 5.46. The number of benzene rings is 1. The smallest absolute Gasteiger partial charge is 0.378 e. The number of aliphatic imine (C=N–C) groups is 1. The summed E-state index contributed by atoms with van der Waals surface area (Å²) >= 11 is 0. The molecule has 0 aliphatic heterocycles. The minimum atomic E-state index is -4.15. The molecule has 0 unspecified atom stereocenters. The van der Waals surface area contributed by atoms with Gasteiger partial charge in [-0.25, -0.2) is 0 Å². The van der Waals surface area contributed by atoms with Gasteiger partial charge in [0.05, 0.1) is 6.42 Å². The molecule has 0 saturated carbocycles. The Kier molecular flexibility index (Phi) is 10.8.